The van der Waals surface area contributed by atoms with E-state index in [1.54, 1.807) is 0 Å². The molecule has 0 bridgehead atoms. The summed E-state index contributed by atoms with van der Waals surface area (Å²) in [7, 11) is 0. The number of rotatable bonds is 8. The molecule has 1 aromatic carbocycles. The molecule has 0 radical (unpaired) electrons. The van der Waals surface area contributed by atoms with Gasteiger partial charge in [-0.05, 0) is 60.3 Å². The highest BCUT2D eigenvalue weighted by atomic mass is 79.9. The van der Waals surface area contributed by atoms with Gasteiger partial charge in [-0.25, -0.2) is 0 Å². The van der Waals surface area contributed by atoms with Crippen LogP contribution < -0.4 is 10.1 Å². The lowest BCUT2D eigenvalue weighted by atomic mass is 9.89. The van der Waals surface area contributed by atoms with Gasteiger partial charge < -0.3 is 19.9 Å². The third kappa shape index (κ3) is 5.25. The molecule has 1 aliphatic carbocycles. The van der Waals surface area contributed by atoms with E-state index in [1.165, 1.54) is 5.56 Å². The molecule has 1 atom stereocenters. The van der Waals surface area contributed by atoms with Crippen molar-refractivity contribution < 1.29 is 14.6 Å². The average Bonchev–Trinajstić information content (AvgIpc) is 2.40. The van der Waals surface area contributed by atoms with Crippen LogP contribution in [0.25, 0.3) is 0 Å². The molecule has 1 saturated carbocycles. The van der Waals surface area contributed by atoms with Crippen molar-refractivity contribution in [1.29, 1.82) is 0 Å². The smallest absolute Gasteiger partial charge is 0.133 e. The van der Waals surface area contributed by atoms with Crippen LogP contribution in [-0.4, -0.2) is 43.1 Å². The molecule has 2 N–H and O–H groups in total. The zero-order valence-corrected chi connectivity index (χ0v) is 14.2. The first kappa shape index (κ1) is 16.7. The molecule has 21 heavy (non-hydrogen) atoms. The fourth-order valence-corrected chi connectivity index (χ4v) is 2.98. The first-order chi connectivity index (χ1) is 10.1. The lowest BCUT2D eigenvalue weighted by Gasteiger charge is -2.36. The maximum Gasteiger partial charge on any atom is 0.133 e. The van der Waals surface area contributed by atoms with Crippen LogP contribution >= 0.6 is 15.9 Å². The number of benzene rings is 1. The molecule has 1 aromatic rings. The molecule has 0 aromatic heterocycles. The molecule has 118 valence electrons. The van der Waals surface area contributed by atoms with E-state index in [2.05, 4.69) is 21.2 Å². The van der Waals surface area contributed by atoms with Gasteiger partial charge in [-0.1, -0.05) is 6.07 Å². The molecule has 0 spiro atoms. The molecule has 5 heteroatoms. The van der Waals surface area contributed by atoms with Crippen LogP contribution in [0.2, 0.25) is 0 Å². The van der Waals surface area contributed by atoms with E-state index < -0.39 is 6.10 Å². The van der Waals surface area contributed by atoms with Gasteiger partial charge in [-0.15, -0.1) is 0 Å². The fourth-order valence-electron chi connectivity index (χ4n) is 2.37. The summed E-state index contributed by atoms with van der Waals surface area (Å²) in [6.45, 7) is 5.66. The number of halogens is 1. The minimum atomic E-state index is -0.510. The third-order valence-electron chi connectivity index (χ3n) is 3.66. The number of aliphatic hydroxyl groups excluding tert-OH is 1. The van der Waals surface area contributed by atoms with Gasteiger partial charge in [-0.3, -0.25) is 0 Å². The second-order valence-electron chi connectivity index (χ2n) is 5.55. The Morgan fingerprint density at radius 3 is 2.86 bits per heavy atom. The minimum absolute atomic E-state index is 0.288. The summed E-state index contributed by atoms with van der Waals surface area (Å²) in [6, 6.07) is 6.37. The Kier molecular flexibility index (Phi) is 6.48. The second kappa shape index (κ2) is 8.13. The predicted octanol–water partition coefficient (Wildman–Crippen LogP) is 2.65. The van der Waals surface area contributed by atoms with Crippen LogP contribution in [0.4, 0.5) is 0 Å². The van der Waals surface area contributed by atoms with Crippen molar-refractivity contribution in [3.8, 4) is 5.75 Å². The largest absolute Gasteiger partial charge is 0.490 e. The van der Waals surface area contributed by atoms with Gasteiger partial charge in [-0.2, -0.15) is 0 Å². The fraction of sp³-hybridized carbons (Fsp3) is 0.625. The van der Waals surface area contributed by atoms with Crippen molar-refractivity contribution >= 4 is 15.9 Å². The van der Waals surface area contributed by atoms with E-state index in [1.807, 2.05) is 32.0 Å². The molecule has 4 nitrogen and oxygen atoms in total. The first-order valence-electron chi connectivity index (χ1n) is 7.50. The van der Waals surface area contributed by atoms with Gasteiger partial charge in [0.15, 0.2) is 0 Å². The van der Waals surface area contributed by atoms with Gasteiger partial charge >= 0.3 is 0 Å². The van der Waals surface area contributed by atoms with Gasteiger partial charge in [0.05, 0.1) is 10.6 Å². The number of nitrogens with one attached hydrogen (secondary N) is 1. The molecule has 1 fully saturated rings. The van der Waals surface area contributed by atoms with Crippen LogP contribution in [0.15, 0.2) is 22.7 Å². The Morgan fingerprint density at radius 2 is 2.19 bits per heavy atom. The van der Waals surface area contributed by atoms with Crippen molar-refractivity contribution in [1.82, 2.24) is 5.32 Å². The summed E-state index contributed by atoms with van der Waals surface area (Å²) in [5, 5.41) is 13.3. The average molecular weight is 358 g/mol. The quantitative estimate of drug-likeness (QED) is 0.750. The number of hydrogen-bond acceptors (Lipinski definition) is 4. The van der Waals surface area contributed by atoms with Crippen molar-refractivity contribution in [3.05, 3.63) is 28.2 Å². The summed E-state index contributed by atoms with van der Waals surface area (Å²) >= 11 is 3.46. The zero-order chi connectivity index (χ0) is 15.2. The standard InChI is InChI=1S/C16H24BrNO3/c1-3-20-14-7-12(8-14)18-9-13(19)10-21-16-5-4-11(2)6-15(16)17/h4-6,12-14,18-19H,3,7-10H2,1-2H3. The van der Waals surface area contributed by atoms with Gasteiger partial charge in [0.1, 0.15) is 18.5 Å². The molecule has 0 saturated heterocycles. The van der Waals surface area contributed by atoms with E-state index in [0.717, 1.165) is 29.7 Å². The Balaban J connectivity index is 1.63. The minimum Gasteiger partial charge on any atom is -0.490 e. The highest BCUT2D eigenvalue weighted by molar-refractivity contribution is 9.10. The summed E-state index contributed by atoms with van der Waals surface area (Å²) in [6.07, 6.45) is 1.95. The number of aliphatic hydroxyl groups is 1. The Morgan fingerprint density at radius 1 is 1.43 bits per heavy atom. The lowest BCUT2D eigenvalue weighted by molar-refractivity contribution is -0.0134. The second-order valence-corrected chi connectivity index (χ2v) is 6.41. The van der Waals surface area contributed by atoms with Crippen LogP contribution in [0, 0.1) is 6.92 Å². The maximum atomic E-state index is 9.96. The third-order valence-corrected chi connectivity index (χ3v) is 4.28. The highest BCUT2D eigenvalue weighted by Crippen LogP contribution is 2.26. The number of ether oxygens (including phenoxy) is 2. The van der Waals surface area contributed by atoms with Crippen molar-refractivity contribution in [2.45, 2.75) is 44.9 Å². The van der Waals surface area contributed by atoms with Gasteiger partial charge in [0, 0.05) is 19.2 Å². The molecule has 0 aliphatic heterocycles. The van der Waals surface area contributed by atoms with E-state index in [4.69, 9.17) is 9.47 Å². The van der Waals surface area contributed by atoms with E-state index in [9.17, 15) is 5.11 Å². The SMILES string of the molecule is CCOC1CC(NCC(O)COc2ccc(C)cc2Br)C1. The van der Waals surface area contributed by atoms with Gasteiger partial charge in [0.25, 0.3) is 0 Å². The van der Waals surface area contributed by atoms with Crippen molar-refractivity contribution in [3.63, 3.8) is 0 Å². The molecule has 0 amide bonds. The van der Waals surface area contributed by atoms with Gasteiger partial charge in [0.2, 0.25) is 0 Å². The van der Waals surface area contributed by atoms with Crippen molar-refractivity contribution in [2.24, 2.45) is 0 Å². The van der Waals surface area contributed by atoms with E-state index >= 15 is 0 Å². The molecular weight excluding hydrogens is 334 g/mol. The first-order valence-corrected chi connectivity index (χ1v) is 8.29. The van der Waals surface area contributed by atoms with Crippen molar-refractivity contribution in [2.75, 3.05) is 19.8 Å². The lowest BCUT2D eigenvalue weighted by Crippen LogP contribution is -2.48. The molecule has 1 unspecified atom stereocenters. The van der Waals surface area contributed by atoms with E-state index in [0.29, 0.717) is 18.7 Å². The topological polar surface area (TPSA) is 50.7 Å². The molecule has 1 aliphatic rings. The normalized spacial score (nSPS) is 22.7. The Labute approximate surface area is 135 Å². The monoisotopic (exact) mass is 357 g/mol. The molecule has 2 rings (SSSR count). The summed E-state index contributed by atoms with van der Waals surface area (Å²) < 4.78 is 12.1. The Bertz CT molecular complexity index is 449. The van der Waals surface area contributed by atoms with E-state index in [-0.39, 0.29) is 6.61 Å². The van der Waals surface area contributed by atoms with Crippen LogP contribution in [0.1, 0.15) is 25.3 Å². The molecular formula is C16H24BrNO3. The predicted molar refractivity (Wildman–Crippen MR) is 86.8 cm³/mol. The number of aryl methyl sites for hydroxylation is 1. The summed E-state index contributed by atoms with van der Waals surface area (Å²) in [5.74, 6) is 0.764. The maximum absolute atomic E-state index is 9.96. The molecule has 0 heterocycles. The summed E-state index contributed by atoms with van der Waals surface area (Å²) in [5.41, 5.74) is 1.17. The Hall–Kier alpha value is -0.620. The van der Waals surface area contributed by atoms with Crippen LogP contribution in [0.3, 0.4) is 0 Å². The van der Waals surface area contributed by atoms with Crippen LogP contribution in [0.5, 0.6) is 5.75 Å². The highest BCUT2D eigenvalue weighted by Gasteiger charge is 2.29. The van der Waals surface area contributed by atoms with Crippen LogP contribution in [-0.2, 0) is 4.74 Å². The summed E-state index contributed by atoms with van der Waals surface area (Å²) in [4.78, 5) is 0. The zero-order valence-electron chi connectivity index (χ0n) is 12.6. The number of hydrogen-bond donors (Lipinski definition) is 2.